The van der Waals surface area contributed by atoms with Crippen molar-refractivity contribution >= 4 is 40.7 Å². The lowest BCUT2D eigenvalue weighted by atomic mass is 10.2. The summed E-state index contributed by atoms with van der Waals surface area (Å²) in [6.07, 6.45) is 4.41. The Hall–Kier alpha value is -2.42. The number of morpholine rings is 1. The van der Waals surface area contributed by atoms with Gasteiger partial charge in [-0.2, -0.15) is 5.26 Å². The molecule has 34 heavy (non-hydrogen) atoms. The molecule has 2 heterocycles. The van der Waals surface area contributed by atoms with Crippen LogP contribution in [0, 0.1) is 11.3 Å². The Balaban J connectivity index is 1.92. The van der Waals surface area contributed by atoms with Gasteiger partial charge in [0.1, 0.15) is 10.7 Å². The Kier molecular flexibility index (Phi) is 10.4. The fraction of sp³-hybridized carbons (Fsp3) is 0.458. The van der Waals surface area contributed by atoms with Crippen molar-refractivity contribution in [2.24, 2.45) is 0 Å². The van der Waals surface area contributed by atoms with E-state index in [-0.39, 0.29) is 11.1 Å². The molecule has 0 aliphatic carbocycles. The lowest BCUT2D eigenvalue weighted by molar-refractivity contribution is -0.115. The average Bonchev–Trinajstić information content (AvgIpc) is 3.15. The number of aromatic nitrogens is 1. The molecule has 0 saturated carbocycles. The Morgan fingerprint density at radius 2 is 2.03 bits per heavy atom. The van der Waals surface area contributed by atoms with Crippen molar-refractivity contribution in [3.05, 3.63) is 49.4 Å². The lowest BCUT2D eigenvalue weighted by Crippen LogP contribution is -2.42. The highest BCUT2D eigenvalue weighted by Crippen LogP contribution is 2.15. The number of nitrogens with one attached hydrogen (secondary N) is 1. The highest BCUT2D eigenvalue weighted by Gasteiger charge is 2.17. The van der Waals surface area contributed by atoms with Crippen LogP contribution in [0.25, 0.3) is 11.6 Å². The highest BCUT2D eigenvalue weighted by atomic mass is 32.2. The summed E-state index contributed by atoms with van der Waals surface area (Å²) in [5, 5.41) is 12.7. The number of ether oxygens (including phenoxy) is 2. The van der Waals surface area contributed by atoms with Crippen LogP contribution in [-0.2, 0) is 20.8 Å². The average molecular weight is 503 g/mol. The summed E-state index contributed by atoms with van der Waals surface area (Å²) in [6, 6.07) is 9.93. The number of thiazole rings is 1. The van der Waals surface area contributed by atoms with Gasteiger partial charge in [0.05, 0.1) is 17.7 Å². The number of rotatable bonds is 10. The van der Waals surface area contributed by atoms with Crippen molar-refractivity contribution in [3.8, 4) is 6.07 Å². The molecule has 1 saturated heterocycles. The molecule has 2 aromatic rings. The third kappa shape index (κ3) is 7.04. The maximum absolute atomic E-state index is 13.2. The second-order valence-corrected chi connectivity index (χ2v) is 9.60. The molecule has 10 heteroatoms. The third-order valence-electron chi connectivity index (χ3n) is 5.42. The van der Waals surface area contributed by atoms with Crippen molar-refractivity contribution in [2.45, 2.75) is 17.9 Å². The smallest absolute Gasteiger partial charge is 0.269 e. The van der Waals surface area contributed by atoms with Crippen LogP contribution < -0.4 is 20.1 Å². The zero-order valence-electron chi connectivity index (χ0n) is 19.5. The van der Waals surface area contributed by atoms with Crippen molar-refractivity contribution in [2.75, 3.05) is 59.4 Å². The van der Waals surface area contributed by atoms with Gasteiger partial charge in [0.15, 0.2) is 5.57 Å². The van der Waals surface area contributed by atoms with Gasteiger partial charge in [-0.1, -0.05) is 12.1 Å². The van der Waals surface area contributed by atoms with E-state index in [9.17, 15) is 14.9 Å². The van der Waals surface area contributed by atoms with E-state index in [2.05, 4.69) is 10.2 Å². The van der Waals surface area contributed by atoms with Crippen LogP contribution in [0.4, 0.5) is 0 Å². The van der Waals surface area contributed by atoms with E-state index in [0.717, 1.165) is 23.5 Å². The van der Waals surface area contributed by atoms with E-state index in [4.69, 9.17) is 9.47 Å². The first kappa shape index (κ1) is 26.2. The zero-order valence-corrected chi connectivity index (χ0v) is 21.2. The number of benzene rings is 1. The molecule has 3 rings (SSSR count). The Bertz CT molecular complexity index is 1180. The van der Waals surface area contributed by atoms with Gasteiger partial charge in [0, 0.05) is 51.3 Å². The molecule has 8 nitrogen and oxygen atoms in total. The van der Waals surface area contributed by atoms with Gasteiger partial charge < -0.3 is 14.8 Å². The van der Waals surface area contributed by atoms with E-state index in [0.29, 0.717) is 55.1 Å². The van der Waals surface area contributed by atoms with E-state index in [1.54, 1.807) is 24.9 Å². The molecule has 1 aliphatic heterocycles. The monoisotopic (exact) mass is 502 g/mol. The van der Waals surface area contributed by atoms with Gasteiger partial charge in [-0.15, -0.1) is 23.1 Å². The standard InChI is InChI=1S/C24H30N4O4S2/c1-31-13-3-9-28-23(30)21(16-18-4-6-19(33-2)7-5-18)34-24(28)20(17-25)22(29)26-8-10-27-11-14-32-15-12-27/h4-7,16H,3,8-15H2,1-2H3,(H,26,29). The molecule has 0 unspecified atom stereocenters. The molecule has 0 spiro atoms. The number of methoxy groups -OCH3 is 1. The van der Waals surface area contributed by atoms with Gasteiger partial charge in [-0.05, 0) is 36.4 Å². The van der Waals surface area contributed by atoms with E-state index in [1.807, 2.05) is 36.6 Å². The highest BCUT2D eigenvalue weighted by molar-refractivity contribution is 7.98. The topological polar surface area (TPSA) is 96.6 Å². The molecule has 1 N–H and O–H groups in total. The number of carbonyl (C=O) groups is 1. The molecular formula is C24H30N4O4S2. The number of hydrogen-bond donors (Lipinski definition) is 1. The zero-order chi connectivity index (χ0) is 24.3. The molecule has 0 atom stereocenters. The number of amides is 1. The second kappa shape index (κ2) is 13.5. The number of nitriles is 1. The van der Waals surface area contributed by atoms with Crippen molar-refractivity contribution < 1.29 is 14.3 Å². The molecule has 182 valence electrons. The lowest BCUT2D eigenvalue weighted by Gasteiger charge is -2.26. The maximum atomic E-state index is 13.2. The first-order valence-corrected chi connectivity index (χ1v) is 13.2. The Morgan fingerprint density at radius 3 is 2.68 bits per heavy atom. The van der Waals surface area contributed by atoms with E-state index in [1.165, 1.54) is 15.9 Å². The molecule has 0 radical (unpaired) electrons. The summed E-state index contributed by atoms with van der Waals surface area (Å²) < 4.78 is 12.8. The summed E-state index contributed by atoms with van der Waals surface area (Å²) in [5.74, 6) is -0.464. The van der Waals surface area contributed by atoms with Gasteiger partial charge in [0.25, 0.3) is 11.5 Å². The summed E-state index contributed by atoms with van der Waals surface area (Å²) >= 11 is 2.82. The molecular weight excluding hydrogens is 472 g/mol. The molecule has 0 bridgehead atoms. The normalized spacial score (nSPS) is 15.7. The Morgan fingerprint density at radius 1 is 1.29 bits per heavy atom. The first-order chi connectivity index (χ1) is 16.6. The molecule has 1 fully saturated rings. The van der Waals surface area contributed by atoms with Crippen molar-refractivity contribution in [1.82, 2.24) is 14.8 Å². The van der Waals surface area contributed by atoms with Crippen LogP contribution in [0.1, 0.15) is 12.0 Å². The summed E-state index contributed by atoms with van der Waals surface area (Å²) in [7, 11) is 1.60. The van der Waals surface area contributed by atoms with Gasteiger partial charge in [-0.3, -0.25) is 19.1 Å². The van der Waals surface area contributed by atoms with Crippen LogP contribution in [-0.4, -0.2) is 74.7 Å². The van der Waals surface area contributed by atoms with Crippen LogP contribution in [0.3, 0.4) is 0 Å². The van der Waals surface area contributed by atoms with Crippen LogP contribution in [0.15, 0.2) is 34.0 Å². The third-order valence-corrected chi connectivity index (χ3v) is 7.30. The number of hydrogen-bond acceptors (Lipinski definition) is 8. The van der Waals surface area contributed by atoms with Crippen LogP contribution in [0.2, 0.25) is 0 Å². The minimum atomic E-state index is -0.464. The predicted octanol–water partition coefficient (Wildman–Crippen LogP) is 0.620. The molecule has 1 aromatic carbocycles. The number of carbonyl (C=O) groups excluding carboxylic acids is 1. The summed E-state index contributed by atoms with van der Waals surface area (Å²) in [6.45, 7) is 4.97. The van der Waals surface area contributed by atoms with Gasteiger partial charge in [0.2, 0.25) is 0 Å². The van der Waals surface area contributed by atoms with Crippen LogP contribution in [0.5, 0.6) is 0 Å². The second-order valence-electron chi connectivity index (χ2n) is 7.69. The molecule has 1 aliphatic rings. The fourth-order valence-corrected chi connectivity index (χ4v) is 5.10. The molecule has 1 aromatic heterocycles. The van der Waals surface area contributed by atoms with Gasteiger partial charge in [-0.25, -0.2) is 0 Å². The minimum absolute atomic E-state index is 0.0427. The minimum Gasteiger partial charge on any atom is -0.385 e. The predicted molar refractivity (Wildman–Crippen MR) is 135 cm³/mol. The Labute approximate surface area is 207 Å². The molecule has 1 amide bonds. The summed E-state index contributed by atoms with van der Waals surface area (Å²) in [5.41, 5.74) is 0.637. The van der Waals surface area contributed by atoms with Crippen LogP contribution >= 0.6 is 23.1 Å². The largest absolute Gasteiger partial charge is 0.385 e. The van der Waals surface area contributed by atoms with Crippen molar-refractivity contribution in [1.29, 1.82) is 5.26 Å². The van der Waals surface area contributed by atoms with Crippen molar-refractivity contribution in [3.63, 3.8) is 0 Å². The van der Waals surface area contributed by atoms with Gasteiger partial charge >= 0.3 is 0 Å². The SMILES string of the molecule is COCCCn1c(=C(C#N)C(=O)NCCN2CCOCC2)sc(=Cc2ccc(SC)cc2)c1=O. The maximum Gasteiger partial charge on any atom is 0.269 e. The summed E-state index contributed by atoms with van der Waals surface area (Å²) in [4.78, 5) is 29.4. The number of nitrogens with zero attached hydrogens (tertiary/aromatic N) is 3. The quantitative estimate of drug-likeness (QED) is 0.376. The van der Waals surface area contributed by atoms with E-state index >= 15 is 0 Å². The fourth-order valence-electron chi connectivity index (χ4n) is 3.56. The number of thioether (sulfide) groups is 1. The van der Waals surface area contributed by atoms with E-state index < -0.39 is 5.91 Å². The first-order valence-electron chi connectivity index (χ1n) is 11.1.